The third kappa shape index (κ3) is 6.99. The Kier molecular flexibility index (Phi) is 8.44. The van der Waals surface area contributed by atoms with E-state index in [1.54, 1.807) is 36.4 Å². The summed E-state index contributed by atoms with van der Waals surface area (Å²) in [6.07, 6.45) is 4.65. The highest BCUT2D eigenvalue weighted by molar-refractivity contribution is 7.89. The van der Waals surface area contributed by atoms with Gasteiger partial charge >= 0.3 is 0 Å². The fourth-order valence-electron chi connectivity index (χ4n) is 1.75. The summed E-state index contributed by atoms with van der Waals surface area (Å²) in [6, 6.07) is 6.61. The summed E-state index contributed by atoms with van der Waals surface area (Å²) in [7, 11) is -3.64. The number of sulfonamides is 1. The van der Waals surface area contributed by atoms with Crippen molar-refractivity contribution in [3.63, 3.8) is 0 Å². The van der Waals surface area contributed by atoms with E-state index in [1.165, 1.54) is 10.4 Å². The van der Waals surface area contributed by atoms with Gasteiger partial charge in [0.25, 0.3) is 3.79 Å². The fraction of sp³-hybridized carbons (Fsp3) is 0.312. The highest BCUT2D eigenvalue weighted by Crippen LogP contribution is 2.27. The number of nitrogens with one attached hydrogen (secondary N) is 1. The molecule has 0 fully saturated rings. The summed E-state index contributed by atoms with van der Waals surface area (Å²) in [4.78, 5) is 0.211. The number of aryl methyl sites for hydroxylation is 1. The average molecular weight is 426 g/mol. The van der Waals surface area contributed by atoms with Gasteiger partial charge < -0.3 is 4.74 Å². The second-order valence-corrected chi connectivity index (χ2v) is 9.25. The molecule has 0 saturated carbocycles. The molecule has 1 N–H and O–H groups in total. The molecule has 0 aliphatic heterocycles. The molecule has 0 heterocycles. The normalized spacial score (nSPS) is 12.5. The van der Waals surface area contributed by atoms with Gasteiger partial charge in [-0.15, -0.1) is 6.58 Å². The number of halogens is 3. The van der Waals surface area contributed by atoms with E-state index < -0.39 is 19.7 Å². The minimum Gasteiger partial charge on any atom is -0.474 e. The average Bonchev–Trinajstić information content (AvgIpc) is 2.52. The van der Waals surface area contributed by atoms with Gasteiger partial charge in [0.1, 0.15) is 6.61 Å². The molecule has 0 unspecified atom stereocenters. The number of benzene rings is 1. The molecule has 1 rings (SSSR count). The molecule has 0 atom stereocenters. The van der Waals surface area contributed by atoms with E-state index in [1.807, 2.05) is 6.92 Å². The first-order valence-corrected chi connectivity index (χ1v) is 9.77. The van der Waals surface area contributed by atoms with E-state index in [-0.39, 0.29) is 24.6 Å². The molecule has 0 spiro atoms. The van der Waals surface area contributed by atoms with Gasteiger partial charge in [-0.2, -0.15) is 4.31 Å². The Morgan fingerprint density at radius 2 is 1.84 bits per heavy atom. The van der Waals surface area contributed by atoms with Gasteiger partial charge in [0, 0.05) is 13.1 Å². The maximum atomic E-state index is 12.7. The van der Waals surface area contributed by atoms with Crippen LogP contribution in [0.3, 0.4) is 0 Å². The van der Waals surface area contributed by atoms with Crippen LogP contribution in [-0.4, -0.2) is 42.1 Å². The summed E-state index contributed by atoms with van der Waals surface area (Å²) in [6.45, 7) is 5.74. The van der Waals surface area contributed by atoms with Crippen molar-refractivity contribution < 1.29 is 13.2 Å². The van der Waals surface area contributed by atoms with Crippen LogP contribution < -0.4 is 0 Å². The lowest BCUT2D eigenvalue weighted by molar-refractivity contribution is 0.339. The Labute approximate surface area is 163 Å². The summed E-state index contributed by atoms with van der Waals surface area (Å²) in [5, 5.41) is 7.38. The molecular weight excluding hydrogens is 407 g/mol. The molecule has 0 amide bonds. The first-order chi connectivity index (χ1) is 11.6. The highest BCUT2D eigenvalue weighted by Gasteiger charge is 2.28. The fourth-order valence-corrected chi connectivity index (χ4v) is 3.27. The molecular formula is C16H19Cl3N2O3S. The molecule has 9 heteroatoms. The topological polar surface area (TPSA) is 70.5 Å². The predicted octanol–water partition coefficient (Wildman–Crippen LogP) is 4.09. The van der Waals surface area contributed by atoms with Crippen molar-refractivity contribution in [1.29, 1.82) is 5.41 Å². The van der Waals surface area contributed by atoms with E-state index in [9.17, 15) is 8.42 Å². The van der Waals surface area contributed by atoms with Crippen molar-refractivity contribution in [2.24, 2.45) is 0 Å². The van der Waals surface area contributed by atoms with Crippen LogP contribution in [-0.2, 0) is 14.8 Å². The zero-order chi connectivity index (χ0) is 19.1. The van der Waals surface area contributed by atoms with Crippen LogP contribution in [0.4, 0.5) is 0 Å². The van der Waals surface area contributed by atoms with Gasteiger partial charge in [-0.05, 0) is 25.1 Å². The Morgan fingerprint density at radius 1 is 1.24 bits per heavy atom. The maximum Gasteiger partial charge on any atom is 0.265 e. The predicted molar refractivity (Wildman–Crippen MR) is 103 cm³/mol. The van der Waals surface area contributed by atoms with Crippen LogP contribution in [0.1, 0.15) is 5.56 Å². The zero-order valence-electron chi connectivity index (χ0n) is 13.6. The summed E-state index contributed by atoms with van der Waals surface area (Å²) >= 11 is 16.5. The molecule has 0 saturated heterocycles. The van der Waals surface area contributed by atoms with Gasteiger partial charge in [0.2, 0.25) is 15.9 Å². The maximum absolute atomic E-state index is 12.7. The number of alkyl halides is 3. The molecule has 0 radical (unpaired) electrons. The highest BCUT2D eigenvalue weighted by atomic mass is 35.6. The molecule has 138 valence electrons. The first kappa shape index (κ1) is 22.0. The zero-order valence-corrected chi connectivity index (χ0v) is 16.7. The van der Waals surface area contributed by atoms with Gasteiger partial charge in [-0.1, -0.05) is 64.7 Å². The van der Waals surface area contributed by atoms with Gasteiger partial charge in [-0.25, -0.2) is 8.42 Å². The molecule has 0 aliphatic carbocycles. The molecule has 1 aromatic carbocycles. The van der Waals surface area contributed by atoms with Gasteiger partial charge in [0.05, 0.1) is 4.90 Å². The second kappa shape index (κ2) is 9.59. The third-order valence-corrected chi connectivity index (χ3v) is 5.41. The molecule has 0 aliphatic rings. The van der Waals surface area contributed by atoms with Crippen LogP contribution in [0.25, 0.3) is 0 Å². The lowest BCUT2D eigenvalue weighted by Crippen LogP contribution is -2.31. The van der Waals surface area contributed by atoms with Crippen molar-refractivity contribution in [3.8, 4) is 0 Å². The Balaban J connectivity index is 2.74. The van der Waals surface area contributed by atoms with E-state index in [0.717, 1.165) is 5.56 Å². The SMILES string of the molecule is C=CCN(C/C=C/COC(=N)C(Cl)(Cl)Cl)S(=O)(=O)c1ccc(C)cc1. The number of rotatable bonds is 8. The number of hydrogen-bond donors (Lipinski definition) is 1. The van der Waals surface area contributed by atoms with Crippen LogP contribution >= 0.6 is 34.8 Å². The van der Waals surface area contributed by atoms with Crippen molar-refractivity contribution >= 4 is 50.7 Å². The summed E-state index contributed by atoms with van der Waals surface area (Å²) in [5.74, 6) is -0.502. The number of ether oxygens (including phenoxy) is 1. The third-order valence-electron chi connectivity index (χ3n) is 3.05. The van der Waals surface area contributed by atoms with Crippen molar-refractivity contribution in [2.75, 3.05) is 19.7 Å². The minimum absolute atomic E-state index is 0.0146. The summed E-state index contributed by atoms with van der Waals surface area (Å²) < 4.78 is 29.6. The summed E-state index contributed by atoms with van der Waals surface area (Å²) in [5.41, 5.74) is 0.975. The molecule has 0 bridgehead atoms. The van der Waals surface area contributed by atoms with Crippen LogP contribution in [0.2, 0.25) is 0 Å². The van der Waals surface area contributed by atoms with Crippen molar-refractivity contribution in [2.45, 2.75) is 15.6 Å². The monoisotopic (exact) mass is 424 g/mol. The van der Waals surface area contributed by atoms with Crippen LogP contribution in [0.5, 0.6) is 0 Å². The Bertz CT molecular complexity index is 726. The molecule has 0 aromatic heterocycles. The van der Waals surface area contributed by atoms with E-state index in [0.29, 0.717) is 0 Å². The second-order valence-electron chi connectivity index (χ2n) is 5.03. The lowest BCUT2D eigenvalue weighted by atomic mass is 10.2. The number of nitrogens with zero attached hydrogens (tertiary/aromatic N) is 1. The minimum atomic E-state index is -3.64. The van der Waals surface area contributed by atoms with Crippen LogP contribution in [0, 0.1) is 12.3 Å². The Hall–Kier alpha value is -1.05. The van der Waals surface area contributed by atoms with Crippen molar-refractivity contribution in [1.82, 2.24) is 4.31 Å². The first-order valence-electron chi connectivity index (χ1n) is 7.20. The van der Waals surface area contributed by atoms with Gasteiger partial charge in [-0.3, -0.25) is 5.41 Å². The number of hydrogen-bond acceptors (Lipinski definition) is 4. The molecule has 25 heavy (non-hydrogen) atoms. The van der Waals surface area contributed by atoms with Gasteiger partial charge in [0.15, 0.2) is 0 Å². The largest absolute Gasteiger partial charge is 0.474 e. The van der Waals surface area contributed by atoms with E-state index in [2.05, 4.69) is 6.58 Å². The van der Waals surface area contributed by atoms with Crippen molar-refractivity contribution in [3.05, 3.63) is 54.6 Å². The quantitative estimate of drug-likeness (QED) is 0.295. The van der Waals surface area contributed by atoms with E-state index >= 15 is 0 Å². The van der Waals surface area contributed by atoms with E-state index in [4.69, 9.17) is 44.9 Å². The smallest absolute Gasteiger partial charge is 0.265 e. The standard InChI is InChI=1S/C16H19Cl3N2O3S/c1-3-10-21(11-4-5-12-24-15(20)16(17,18)19)25(22,23)14-8-6-13(2)7-9-14/h3-9,20H,1,10-12H2,2H3/b5-4+,20-15?. The molecule has 5 nitrogen and oxygen atoms in total. The van der Waals surface area contributed by atoms with Crippen LogP contribution in [0.15, 0.2) is 54.0 Å². The lowest BCUT2D eigenvalue weighted by Gasteiger charge is -2.19. The Morgan fingerprint density at radius 3 is 2.36 bits per heavy atom. The molecule has 1 aromatic rings.